The van der Waals surface area contributed by atoms with Crippen LogP contribution in [0.5, 0.6) is 0 Å². The highest BCUT2D eigenvalue weighted by atomic mass is 16.4. The second-order valence-electron chi connectivity index (χ2n) is 5.03. The smallest absolute Gasteiger partial charge is 0.251 e. The average Bonchev–Trinajstić information content (AvgIpc) is 2.80. The van der Waals surface area contributed by atoms with Gasteiger partial charge in [0.25, 0.3) is 5.91 Å². The number of nitrogens with zero attached hydrogens (tertiary/aromatic N) is 2. The zero-order chi connectivity index (χ0) is 13.2. The van der Waals surface area contributed by atoms with Crippen LogP contribution in [0, 0.1) is 0 Å². The van der Waals surface area contributed by atoms with Gasteiger partial charge in [-0.05, 0) is 45.0 Å². The molecule has 2 rings (SSSR count). The number of hydrogen-bond donors (Lipinski definition) is 1. The summed E-state index contributed by atoms with van der Waals surface area (Å²) in [5.41, 5.74) is 1.15. The summed E-state index contributed by atoms with van der Waals surface area (Å²) in [6, 6.07) is 7.04. The van der Waals surface area contributed by atoms with Gasteiger partial charge in [-0.1, -0.05) is 0 Å². The van der Waals surface area contributed by atoms with Crippen molar-refractivity contribution in [3.05, 3.63) is 36.2 Å². The lowest BCUT2D eigenvalue weighted by Gasteiger charge is -2.20. The van der Waals surface area contributed by atoms with Gasteiger partial charge in [-0.3, -0.25) is 4.79 Å². The third-order valence-electron chi connectivity index (χ3n) is 2.24. The maximum Gasteiger partial charge on any atom is 0.251 e. The van der Waals surface area contributed by atoms with Crippen LogP contribution in [0.4, 0.5) is 0 Å². The molecule has 94 valence electrons. The molecule has 1 aromatic carbocycles. The summed E-state index contributed by atoms with van der Waals surface area (Å²) in [5.74, 6) is 0.345. The van der Waals surface area contributed by atoms with Crippen molar-refractivity contribution in [1.82, 2.24) is 15.5 Å². The number of hydrogen-bond acceptors (Lipinski definition) is 4. The van der Waals surface area contributed by atoms with Crippen molar-refractivity contribution in [2.75, 3.05) is 0 Å². The van der Waals surface area contributed by atoms with E-state index in [4.69, 9.17) is 4.42 Å². The van der Waals surface area contributed by atoms with E-state index in [1.54, 1.807) is 24.3 Å². The van der Waals surface area contributed by atoms with Crippen molar-refractivity contribution in [3.63, 3.8) is 0 Å². The molecule has 0 aliphatic rings. The minimum absolute atomic E-state index is 0.0976. The van der Waals surface area contributed by atoms with E-state index in [1.165, 1.54) is 6.39 Å². The molecule has 0 radical (unpaired) electrons. The minimum Gasteiger partial charge on any atom is -0.423 e. The Balaban J connectivity index is 2.15. The molecule has 5 heteroatoms. The van der Waals surface area contributed by atoms with Gasteiger partial charge >= 0.3 is 0 Å². The Labute approximate surface area is 105 Å². The lowest BCUT2D eigenvalue weighted by molar-refractivity contribution is 0.0919. The Morgan fingerprint density at radius 1 is 1.22 bits per heavy atom. The molecule has 0 fully saturated rings. The number of nitrogens with one attached hydrogen (secondary N) is 1. The fourth-order valence-electron chi connectivity index (χ4n) is 1.48. The van der Waals surface area contributed by atoms with Crippen molar-refractivity contribution >= 4 is 5.91 Å². The SMILES string of the molecule is CC(C)(C)NC(=O)c1ccc(-c2nnco2)cc1. The number of carbonyl (C=O) groups excluding carboxylic acids is 1. The van der Waals surface area contributed by atoms with Gasteiger partial charge in [0.05, 0.1) is 0 Å². The standard InChI is InChI=1S/C13H15N3O2/c1-13(2,3)15-11(17)9-4-6-10(7-5-9)12-16-14-8-18-12/h4-8H,1-3H3,(H,15,17). The largest absolute Gasteiger partial charge is 0.423 e. The fraction of sp³-hybridized carbons (Fsp3) is 0.308. The minimum atomic E-state index is -0.248. The fourth-order valence-corrected chi connectivity index (χ4v) is 1.48. The van der Waals surface area contributed by atoms with E-state index in [9.17, 15) is 4.79 Å². The molecule has 2 aromatic rings. The van der Waals surface area contributed by atoms with E-state index in [0.29, 0.717) is 11.5 Å². The Morgan fingerprint density at radius 2 is 1.89 bits per heavy atom. The Kier molecular flexibility index (Phi) is 3.14. The summed E-state index contributed by atoms with van der Waals surface area (Å²) in [5, 5.41) is 10.3. The van der Waals surface area contributed by atoms with Crippen molar-refractivity contribution in [2.24, 2.45) is 0 Å². The molecular weight excluding hydrogens is 230 g/mol. The number of rotatable bonds is 2. The Hall–Kier alpha value is -2.17. The number of amides is 1. The van der Waals surface area contributed by atoms with Crippen LogP contribution in [-0.4, -0.2) is 21.6 Å². The van der Waals surface area contributed by atoms with E-state index in [1.807, 2.05) is 20.8 Å². The van der Waals surface area contributed by atoms with Crippen molar-refractivity contribution in [2.45, 2.75) is 26.3 Å². The third-order valence-corrected chi connectivity index (χ3v) is 2.24. The van der Waals surface area contributed by atoms with Crippen molar-refractivity contribution < 1.29 is 9.21 Å². The first-order chi connectivity index (χ1) is 8.46. The number of carbonyl (C=O) groups is 1. The average molecular weight is 245 g/mol. The summed E-state index contributed by atoms with van der Waals surface area (Å²) in [7, 11) is 0. The van der Waals surface area contributed by atoms with Crippen molar-refractivity contribution in [3.8, 4) is 11.5 Å². The molecule has 1 N–H and O–H groups in total. The molecule has 1 aromatic heterocycles. The van der Waals surface area contributed by atoms with Gasteiger partial charge in [-0.2, -0.15) is 0 Å². The first-order valence-corrected chi connectivity index (χ1v) is 5.65. The second-order valence-corrected chi connectivity index (χ2v) is 5.03. The molecule has 1 heterocycles. The summed E-state index contributed by atoms with van der Waals surface area (Å²) < 4.78 is 5.08. The van der Waals surface area contributed by atoms with Gasteiger partial charge in [0.15, 0.2) is 0 Å². The van der Waals surface area contributed by atoms with Gasteiger partial charge < -0.3 is 9.73 Å². The predicted octanol–water partition coefficient (Wildman–Crippen LogP) is 2.26. The highest BCUT2D eigenvalue weighted by Gasteiger charge is 2.15. The van der Waals surface area contributed by atoms with Crippen LogP contribution in [-0.2, 0) is 0 Å². The Bertz CT molecular complexity index is 524. The maximum atomic E-state index is 11.9. The molecule has 0 bridgehead atoms. The molecule has 0 saturated heterocycles. The van der Waals surface area contributed by atoms with E-state index in [-0.39, 0.29) is 11.4 Å². The first kappa shape index (κ1) is 12.3. The highest BCUT2D eigenvalue weighted by molar-refractivity contribution is 5.95. The highest BCUT2D eigenvalue weighted by Crippen LogP contribution is 2.16. The van der Waals surface area contributed by atoms with Crippen LogP contribution in [0.3, 0.4) is 0 Å². The van der Waals surface area contributed by atoms with Gasteiger partial charge in [-0.25, -0.2) is 0 Å². The van der Waals surface area contributed by atoms with Crippen molar-refractivity contribution in [1.29, 1.82) is 0 Å². The van der Waals surface area contributed by atoms with Crippen LogP contribution in [0.15, 0.2) is 35.1 Å². The summed E-state index contributed by atoms with van der Waals surface area (Å²) >= 11 is 0. The van der Waals surface area contributed by atoms with Gasteiger partial charge in [0.2, 0.25) is 12.3 Å². The third kappa shape index (κ3) is 2.94. The molecule has 18 heavy (non-hydrogen) atoms. The van der Waals surface area contributed by atoms with E-state index in [0.717, 1.165) is 5.56 Å². The van der Waals surface area contributed by atoms with E-state index >= 15 is 0 Å². The quantitative estimate of drug-likeness (QED) is 0.881. The lowest BCUT2D eigenvalue weighted by atomic mass is 10.1. The second kappa shape index (κ2) is 4.60. The van der Waals surface area contributed by atoms with Gasteiger partial charge in [0.1, 0.15) is 0 Å². The van der Waals surface area contributed by atoms with Crippen LogP contribution >= 0.6 is 0 Å². The summed E-state index contributed by atoms with van der Waals surface area (Å²) in [6.45, 7) is 5.83. The molecule has 0 spiro atoms. The van der Waals surface area contributed by atoms with Gasteiger partial charge in [0, 0.05) is 16.7 Å². The monoisotopic (exact) mass is 245 g/mol. The molecule has 0 saturated carbocycles. The van der Waals surface area contributed by atoms with Crippen LogP contribution in [0.25, 0.3) is 11.5 Å². The number of benzene rings is 1. The van der Waals surface area contributed by atoms with Crippen LogP contribution < -0.4 is 5.32 Å². The summed E-state index contributed by atoms with van der Waals surface area (Å²) in [4.78, 5) is 11.9. The maximum absolute atomic E-state index is 11.9. The van der Waals surface area contributed by atoms with Crippen LogP contribution in [0.2, 0.25) is 0 Å². The molecule has 1 amide bonds. The molecule has 5 nitrogen and oxygen atoms in total. The Morgan fingerprint density at radius 3 is 2.39 bits per heavy atom. The number of aromatic nitrogens is 2. The zero-order valence-electron chi connectivity index (χ0n) is 10.6. The molecule has 0 aliphatic heterocycles. The van der Waals surface area contributed by atoms with E-state index < -0.39 is 0 Å². The van der Waals surface area contributed by atoms with Gasteiger partial charge in [-0.15, -0.1) is 10.2 Å². The predicted molar refractivity (Wildman–Crippen MR) is 67.0 cm³/mol. The molecule has 0 atom stereocenters. The zero-order valence-corrected chi connectivity index (χ0v) is 10.6. The first-order valence-electron chi connectivity index (χ1n) is 5.65. The lowest BCUT2D eigenvalue weighted by Crippen LogP contribution is -2.40. The molecule has 0 aliphatic carbocycles. The topological polar surface area (TPSA) is 68.0 Å². The normalized spacial score (nSPS) is 11.3. The summed E-state index contributed by atoms with van der Waals surface area (Å²) in [6.07, 6.45) is 1.27. The molecular formula is C13H15N3O2. The molecule has 0 unspecified atom stereocenters. The van der Waals surface area contributed by atoms with Crippen LogP contribution in [0.1, 0.15) is 31.1 Å². The van der Waals surface area contributed by atoms with E-state index in [2.05, 4.69) is 15.5 Å².